The summed E-state index contributed by atoms with van der Waals surface area (Å²) in [5.74, 6) is 0.455. The van der Waals surface area contributed by atoms with Crippen molar-refractivity contribution in [2.75, 3.05) is 13.1 Å². The minimum Gasteiger partial charge on any atom is -0.366 e. The van der Waals surface area contributed by atoms with Crippen LogP contribution in [0, 0.1) is 0 Å². The van der Waals surface area contributed by atoms with Crippen LogP contribution in [-0.4, -0.2) is 50.6 Å². The van der Waals surface area contributed by atoms with Crippen molar-refractivity contribution in [2.24, 2.45) is 11.5 Å². The minimum atomic E-state index is -0.477. The number of hydrogen-bond acceptors (Lipinski definition) is 5. The Labute approximate surface area is 218 Å². The van der Waals surface area contributed by atoms with Crippen molar-refractivity contribution in [3.05, 3.63) is 71.0 Å². The Morgan fingerprint density at radius 2 is 1.77 bits per heavy atom. The molecule has 0 spiro atoms. The second-order valence-electron chi connectivity index (χ2n) is 9.49. The van der Waals surface area contributed by atoms with E-state index in [0.29, 0.717) is 36.8 Å². The van der Waals surface area contributed by atoms with Crippen LogP contribution in [0.25, 0.3) is 11.4 Å². The van der Waals surface area contributed by atoms with Crippen LogP contribution < -0.4 is 11.5 Å². The van der Waals surface area contributed by atoms with Gasteiger partial charge in [-0.1, -0.05) is 59.0 Å². The highest BCUT2D eigenvalue weighted by molar-refractivity contribution is 14.1. The van der Waals surface area contributed by atoms with Crippen LogP contribution in [0.3, 0.4) is 0 Å². The summed E-state index contributed by atoms with van der Waals surface area (Å²) in [6.07, 6.45) is 3.78. The molecule has 2 aromatic carbocycles. The average molecular weight is 584 g/mol. The van der Waals surface area contributed by atoms with Crippen molar-refractivity contribution >= 4 is 34.4 Å². The van der Waals surface area contributed by atoms with Crippen molar-refractivity contribution in [1.29, 1.82) is 0 Å². The lowest BCUT2D eigenvalue weighted by molar-refractivity contribution is 0.0523. The Morgan fingerprint density at radius 1 is 1.06 bits per heavy atom. The van der Waals surface area contributed by atoms with Gasteiger partial charge in [0.25, 0.3) is 5.91 Å². The van der Waals surface area contributed by atoms with Crippen LogP contribution in [-0.2, 0) is 16.4 Å². The monoisotopic (exact) mass is 584 g/mol. The lowest BCUT2D eigenvalue weighted by Crippen LogP contribution is -2.50. The summed E-state index contributed by atoms with van der Waals surface area (Å²) in [7, 11) is 0. The van der Waals surface area contributed by atoms with E-state index in [9.17, 15) is 9.59 Å². The van der Waals surface area contributed by atoms with E-state index in [-0.39, 0.29) is 17.4 Å². The van der Waals surface area contributed by atoms with Crippen molar-refractivity contribution < 1.29 is 9.59 Å². The van der Waals surface area contributed by atoms with E-state index in [1.54, 1.807) is 24.3 Å². The van der Waals surface area contributed by atoms with E-state index in [1.165, 1.54) is 11.1 Å². The van der Waals surface area contributed by atoms with Crippen LogP contribution in [0.1, 0.15) is 57.8 Å². The topological polar surface area (TPSA) is 120 Å². The number of carbonyl (C=O) groups excluding carboxylic acids is 2. The first-order valence-electron chi connectivity index (χ1n) is 12.0. The fourth-order valence-electron chi connectivity index (χ4n) is 5.52. The van der Waals surface area contributed by atoms with Gasteiger partial charge >= 0.3 is 0 Å². The number of benzene rings is 2. The van der Waals surface area contributed by atoms with Crippen LogP contribution in [0.15, 0.2) is 48.5 Å². The lowest BCUT2D eigenvalue weighted by atomic mass is 9.67. The molecule has 1 aliphatic heterocycles. The predicted octanol–water partition coefficient (Wildman–Crippen LogP) is 3.27. The highest BCUT2D eigenvalue weighted by atomic mass is 127. The Balaban J connectivity index is 1.31. The quantitative estimate of drug-likeness (QED) is 0.341. The van der Waals surface area contributed by atoms with Gasteiger partial charge in [-0.25, -0.2) is 0 Å². The number of carbonyl (C=O) groups is 2. The van der Waals surface area contributed by atoms with Gasteiger partial charge in [0.1, 0.15) is 0 Å². The minimum absolute atomic E-state index is 0.0264. The summed E-state index contributed by atoms with van der Waals surface area (Å²) in [5, 5.41) is 8.53. The molecule has 2 aliphatic rings. The largest absolute Gasteiger partial charge is 0.366 e. The number of amides is 2. The van der Waals surface area contributed by atoms with Gasteiger partial charge in [0.2, 0.25) is 11.7 Å². The molecule has 5 rings (SSSR count). The molecule has 1 aromatic heterocycles. The molecule has 0 unspecified atom stereocenters. The Bertz CT molecular complexity index is 1250. The molecule has 182 valence electrons. The second kappa shape index (κ2) is 9.69. The molecule has 0 radical (unpaired) electrons. The highest BCUT2D eigenvalue weighted by Crippen LogP contribution is 2.41. The van der Waals surface area contributed by atoms with E-state index in [2.05, 4.69) is 57.1 Å². The smallest absolute Gasteiger partial charge is 0.292 e. The SMILES string of the molecule is NC[C@]1(c2cccc(CI)c2)CC[C@H](N2CCn3c(nnc3-c3ccc(C(N)=O)cc3)C2=O)CC1. The number of primary amides is 1. The first kappa shape index (κ1) is 23.9. The van der Waals surface area contributed by atoms with Crippen LogP contribution in [0.4, 0.5) is 0 Å². The second-order valence-corrected chi connectivity index (χ2v) is 10.3. The summed E-state index contributed by atoms with van der Waals surface area (Å²) >= 11 is 2.39. The van der Waals surface area contributed by atoms with Crippen LogP contribution in [0.2, 0.25) is 0 Å². The first-order valence-corrected chi connectivity index (χ1v) is 13.5. The molecule has 35 heavy (non-hydrogen) atoms. The maximum absolute atomic E-state index is 13.4. The number of rotatable bonds is 6. The van der Waals surface area contributed by atoms with Crippen molar-refractivity contribution in [1.82, 2.24) is 19.7 Å². The molecule has 2 amide bonds. The van der Waals surface area contributed by atoms with Crippen molar-refractivity contribution in [3.8, 4) is 11.4 Å². The van der Waals surface area contributed by atoms with Gasteiger partial charge in [-0.05, 0) is 48.9 Å². The maximum atomic E-state index is 13.4. The van der Waals surface area contributed by atoms with Crippen LogP contribution >= 0.6 is 22.6 Å². The fourth-order valence-corrected chi connectivity index (χ4v) is 5.99. The summed E-state index contributed by atoms with van der Waals surface area (Å²) in [6.45, 7) is 1.88. The average Bonchev–Trinajstić information content (AvgIpc) is 3.34. The molecule has 2 heterocycles. The van der Waals surface area contributed by atoms with E-state index >= 15 is 0 Å². The van der Waals surface area contributed by atoms with E-state index in [0.717, 1.165) is 35.7 Å². The molecule has 8 nitrogen and oxygen atoms in total. The molecular formula is C26H29IN6O2. The van der Waals surface area contributed by atoms with Gasteiger partial charge < -0.3 is 20.9 Å². The highest BCUT2D eigenvalue weighted by Gasteiger charge is 2.40. The Hall–Kier alpha value is -2.79. The van der Waals surface area contributed by atoms with Crippen molar-refractivity contribution in [3.63, 3.8) is 0 Å². The van der Waals surface area contributed by atoms with E-state index < -0.39 is 5.91 Å². The molecule has 0 atom stereocenters. The number of halogens is 1. The molecule has 0 bridgehead atoms. The third kappa shape index (κ3) is 4.35. The van der Waals surface area contributed by atoms with Gasteiger partial charge in [-0.15, -0.1) is 10.2 Å². The molecule has 3 aromatic rings. The third-order valence-electron chi connectivity index (χ3n) is 7.63. The summed E-state index contributed by atoms with van der Waals surface area (Å²) in [5.41, 5.74) is 15.5. The zero-order chi connectivity index (χ0) is 24.6. The lowest BCUT2D eigenvalue weighted by Gasteiger charge is -2.44. The van der Waals surface area contributed by atoms with Crippen molar-refractivity contribution in [2.45, 2.75) is 48.1 Å². The Kier molecular flexibility index (Phi) is 6.63. The van der Waals surface area contributed by atoms with Gasteiger partial charge in [0, 0.05) is 46.6 Å². The van der Waals surface area contributed by atoms with Gasteiger partial charge in [-0.2, -0.15) is 0 Å². The van der Waals surface area contributed by atoms with Crippen LogP contribution in [0.5, 0.6) is 0 Å². The maximum Gasteiger partial charge on any atom is 0.292 e. The van der Waals surface area contributed by atoms with E-state index in [4.69, 9.17) is 11.5 Å². The number of alkyl halides is 1. The standard InChI is InChI=1S/C26H29IN6O2/c27-15-17-2-1-3-20(14-17)26(16-28)10-8-21(9-11-26)32-12-13-33-23(30-31-24(33)25(32)35)19-6-4-18(5-7-19)22(29)34/h1-7,14,21H,8-13,15-16,28H2,(H2,29,34)/t21-,26-. The Morgan fingerprint density at radius 3 is 2.43 bits per heavy atom. The summed E-state index contributed by atoms with van der Waals surface area (Å²) in [4.78, 5) is 26.7. The zero-order valence-corrected chi connectivity index (χ0v) is 21.6. The molecule has 4 N–H and O–H groups in total. The zero-order valence-electron chi connectivity index (χ0n) is 19.5. The van der Waals surface area contributed by atoms with Gasteiger partial charge in [0.15, 0.2) is 5.82 Å². The number of aromatic nitrogens is 3. The summed E-state index contributed by atoms with van der Waals surface area (Å²) in [6, 6.07) is 15.9. The molecule has 1 saturated carbocycles. The molecule has 1 aliphatic carbocycles. The van der Waals surface area contributed by atoms with Gasteiger partial charge in [0.05, 0.1) is 0 Å². The number of nitrogens with two attached hydrogens (primary N) is 2. The number of fused-ring (bicyclic) bond motifs is 1. The first-order chi connectivity index (χ1) is 17.0. The van der Waals surface area contributed by atoms with E-state index in [1.807, 2.05) is 9.47 Å². The number of nitrogens with zero attached hydrogens (tertiary/aromatic N) is 4. The molecule has 9 heteroatoms. The molecule has 0 saturated heterocycles. The molecule has 1 fully saturated rings. The number of hydrogen-bond donors (Lipinski definition) is 2. The van der Waals surface area contributed by atoms with Gasteiger partial charge in [-0.3, -0.25) is 9.59 Å². The predicted molar refractivity (Wildman–Crippen MR) is 142 cm³/mol. The summed E-state index contributed by atoms with van der Waals surface area (Å²) < 4.78 is 2.86. The fraction of sp³-hybridized carbons (Fsp3) is 0.385. The molecular weight excluding hydrogens is 555 g/mol. The normalized spacial score (nSPS) is 22.2. The third-order valence-corrected chi connectivity index (χ3v) is 8.51.